The first-order valence-corrected chi connectivity index (χ1v) is 7.54. The molecule has 2 unspecified atom stereocenters. The van der Waals surface area contributed by atoms with Gasteiger partial charge in [0.25, 0.3) is 0 Å². The number of nitrogens with zero attached hydrogens (tertiary/aromatic N) is 2. The van der Waals surface area contributed by atoms with Crippen molar-refractivity contribution in [2.75, 3.05) is 17.7 Å². The van der Waals surface area contributed by atoms with Crippen LogP contribution in [0.15, 0.2) is 30.5 Å². The molecule has 2 N–H and O–H groups in total. The molecule has 0 saturated heterocycles. The van der Waals surface area contributed by atoms with E-state index in [4.69, 9.17) is 5.73 Å². The monoisotopic (exact) mass is 269 g/mol. The minimum absolute atomic E-state index is 0.631. The van der Waals surface area contributed by atoms with Gasteiger partial charge in [0.15, 0.2) is 0 Å². The van der Waals surface area contributed by atoms with Gasteiger partial charge in [0.05, 0.1) is 5.52 Å². The standard InChI is InChI=1S/C17H23N3/c1-12-5-3-4-6-16(12)20(2)17-9-10-19-15-11-13(18)7-8-14(15)17/h7-12,16H,3-6,18H2,1-2H3. The van der Waals surface area contributed by atoms with Crippen LogP contribution in [0.25, 0.3) is 10.9 Å². The van der Waals surface area contributed by atoms with Gasteiger partial charge in [-0.25, -0.2) is 0 Å². The molecule has 2 aromatic rings. The summed E-state index contributed by atoms with van der Waals surface area (Å²) in [7, 11) is 2.22. The summed E-state index contributed by atoms with van der Waals surface area (Å²) in [5, 5.41) is 1.20. The summed E-state index contributed by atoms with van der Waals surface area (Å²) in [6, 6.07) is 8.77. The van der Waals surface area contributed by atoms with Crippen molar-refractivity contribution in [3.8, 4) is 0 Å². The van der Waals surface area contributed by atoms with Crippen molar-refractivity contribution in [2.24, 2.45) is 5.92 Å². The van der Waals surface area contributed by atoms with Gasteiger partial charge in [-0.1, -0.05) is 19.8 Å². The molecule has 106 valence electrons. The predicted molar refractivity (Wildman–Crippen MR) is 86.0 cm³/mol. The average Bonchev–Trinajstić information content (AvgIpc) is 2.46. The lowest BCUT2D eigenvalue weighted by Crippen LogP contribution is -2.39. The Morgan fingerprint density at radius 3 is 2.80 bits per heavy atom. The van der Waals surface area contributed by atoms with E-state index in [0.717, 1.165) is 17.1 Å². The van der Waals surface area contributed by atoms with E-state index in [1.165, 1.54) is 36.8 Å². The van der Waals surface area contributed by atoms with Gasteiger partial charge in [-0.05, 0) is 43.0 Å². The van der Waals surface area contributed by atoms with Crippen molar-refractivity contribution < 1.29 is 0 Å². The van der Waals surface area contributed by atoms with Crippen LogP contribution in [0.3, 0.4) is 0 Å². The fourth-order valence-electron chi connectivity index (χ4n) is 3.51. The number of rotatable bonds is 2. The third-order valence-electron chi connectivity index (χ3n) is 4.69. The number of nitrogen functional groups attached to an aromatic ring is 1. The molecule has 3 rings (SSSR count). The van der Waals surface area contributed by atoms with Crippen LogP contribution in [0.2, 0.25) is 0 Å². The van der Waals surface area contributed by atoms with E-state index in [1.54, 1.807) is 0 Å². The van der Waals surface area contributed by atoms with Gasteiger partial charge >= 0.3 is 0 Å². The van der Waals surface area contributed by atoms with E-state index in [-0.39, 0.29) is 0 Å². The fourth-order valence-corrected chi connectivity index (χ4v) is 3.51. The Balaban J connectivity index is 2.00. The van der Waals surface area contributed by atoms with Gasteiger partial charge in [0, 0.05) is 36.0 Å². The molecule has 1 aliphatic carbocycles. The van der Waals surface area contributed by atoms with Crippen LogP contribution in [0.4, 0.5) is 11.4 Å². The molecule has 0 amide bonds. The Bertz CT molecular complexity index is 608. The molecule has 1 aliphatic rings. The second-order valence-corrected chi connectivity index (χ2v) is 6.05. The third-order valence-corrected chi connectivity index (χ3v) is 4.69. The lowest BCUT2D eigenvalue weighted by atomic mass is 9.85. The first-order chi connectivity index (χ1) is 9.66. The van der Waals surface area contributed by atoms with Crippen molar-refractivity contribution in [3.05, 3.63) is 30.5 Å². The lowest BCUT2D eigenvalue weighted by molar-refractivity contribution is 0.322. The topological polar surface area (TPSA) is 42.2 Å². The van der Waals surface area contributed by atoms with E-state index in [2.05, 4.69) is 36.0 Å². The van der Waals surface area contributed by atoms with E-state index >= 15 is 0 Å². The molecular formula is C17H23N3. The minimum atomic E-state index is 0.631. The first-order valence-electron chi connectivity index (χ1n) is 7.54. The molecule has 1 saturated carbocycles. The van der Waals surface area contributed by atoms with Gasteiger partial charge in [-0.3, -0.25) is 4.98 Å². The summed E-state index contributed by atoms with van der Waals surface area (Å²) >= 11 is 0. The third kappa shape index (κ3) is 2.33. The number of benzene rings is 1. The second kappa shape index (κ2) is 5.31. The Morgan fingerprint density at radius 2 is 2.00 bits per heavy atom. The number of aromatic nitrogens is 1. The zero-order chi connectivity index (χ0) is 14.1. The largest absolute Gasteiger partial charge is 0.399 e. The lowest BCUT2D eigenvalue weighted by Gasteiger charge is -2.38. The van der Waals surface area contributed by atoms with Gasteiger partial charge in [0.1, 0.15) is 0 Å². The molecule has 1 heterocycles. The molecule has 1 aromatic heterocycles. The highest BCUT2D eigenvalue weighted by Crippen LogP contribution is 2.33. The van der Waals surface area contributed by atoms with E-state index in [0.29, 0.717) is 6.04 Å². The van der Waals surface area contributed by atoms with Crippen molar-refractivity contribution in [1.29, 1.82) is 0 Å². The van der Waals surface area contributed by atoms with Crippen LogP contribution < -0.4 is 10.6 Å². The highest BCUT2D eigenvalue weighted by atomic mass is 15.1. The molecule has 0 aliphatic heterocycles. The number of nitrogens with two attached hydrogens (primary N) is 1. The molecule has 20 heavy (non-hydrogen) atoms. The zero-order valence-corrected chi connectivity index (χ0v) is 12.3. The summed E-state index contributed by atoms with van der Waals surface area (Å²) < 4.78 is 0. The normalized spacial score (nSPS) is 22.9. The van der Waals surface area contributed by atoms with Crippen LogP contribution in [0.1, 0.15) is 32.6 Å². The quantitative estimate of drug-likeness (QED) is 0.842. The van der Waals surface area contributed by atoms with Crippen LogP contribution in [-0.4, -0.2) is 18.1 Å². The second-order valence-electron chi connectivity index (χ2n) is 6.05. The number of pyridine rings is 1. The molecule has 3 heteroatoms. The molecule has 1 fully saturated rings. The van der Waals surface area contributed by atoms with E-state index in [1.807, 2.05) is 18.3 Å². The van der Waals surface area contributed by atoms with Crippen LogP contribution in [0.5, 0.6) is 0 Å². The smallest absolute Gasteiger partial charge is 0.0743 e. The molecule has 0 bridgehead atoms. The molecular weight excluding hydrogens is 246 g/mol. The number of fused-ring (bicyclic) bond motifs is 1. The Labute approximate surface area is 120 Å². The van der Waals surface area contributed by atoms with Crippen molar-refractivity contribution in [3.63, 3.8) is 0 Å². The highest BCUT2D eigenvalue weighted by Gasteiger charge is 2.25. The zero-order valence-electron chi connectivity index (χ0n) is 12.3. The fraction of sp³-hybridized carbons (Fsp3) is 0.471. The van der Waals surface area contributed by atoms with Crippen molar-refractivity contribution >= 4 is 22.3 Å². The Morgan fingerprint density at radius 1 is 1.20 bits per heavy atom. The summed E-state index contributed by atoms with van der Waals surface area (Å²) in [6.07, 6.45) is 7.23. The minimum Gasteiger partial charge on any atom is -0.399 e. The van der Waals surface area contributed by atoms with E-state index < -0.39 is 0 Å². The summed E-state index contributed by atoms with van der Waals surface area (Å²) in [6.45, 7) is 2.38. The molecule has 0 radical (unpaired) electrons. The maximum Gasteiger partial charge on any atom is 0.0743 e. The maximum atomic E-state index is 5.86. The first kappa shape index (κ1) is 13.2. The number of hydrogen-bond donors (Lipinski definition) is 1. The predicted octanol–water partition coefficient (Wildman–Crippen LogP) is 3.83. The van der Waals surface area contributed by atoms with Crippen LogP contribution >= 0.6 is 0 Å². The molecule has 1 aromatic carbocycles. The Hall–Kier alpha value is -1.77. The van der Waals surface area contributed by atoms with Crippen molar-refractivity contribution in [2.45, 2.75) is 38.6 Å². The highest BCUT2D eigenvalue weighted by molar-refractivity contribution is 5.93. The number of anilines is 2. The Kier molecular flexibility index (Phi) is 3.51. The average molecular weight is 269 g/mol. The van der Waals surface area contributed by atoms with Crippen LogP contribution in [0, 0.1) is 5.92 Å². The molecule has 0 spiro atoms. The van der Waals surface area contributed by atoms with Gasteiger partial charge in [-0.15, -0.1) is 0 Å². The van der Waals surface area contributed by atoms with Crippen LogP contribution in [-0.2, 0) is 0 Å². The summed E-state index contributed by atoms with van der Waals surface area (Å²) in [5.41, 5.74) is 8.89. The van der Waals surface area contributed by atoms with Gasteiger partial charge in [-0.2, -0.15) is 0 Å². The molecule has 3 nitrogen and oxygen atoms in total. The number of hydrogen-bond acceptors (Lipinski definition) is 3. The van der Waals surface area contributed by atoms with Gasteiger partial charge < -0.3 is 10.6 Å². The summed E-state index contributed by atoms with van der Waals surface area (Å²) in [4.78, 5) is 6.89. The van der Waals surface area contributed by atoms with E-state index in [9.17, 15) is 0 Å². The summed E-state index contributed by atoms with van der Waals surface area (Å²) in [5.74, 6) is 0.755. The SMILES string of the molecule is CC1CCCCC1N(C)c1ccnc2cc(N)ccc12. The van der Waals surface area contributed by atoms with Crippen molar-refractivity contribution in [1.82, 2.24) is 4.98 Å². The maximum absolute atomic E-state index is 5.86. The molecule has 2 atom stereocenters. The van der Waals surface area contributed by atoms with Gasteiger partial charge in [0.2, 0.25) is 0 Å².